The maximum Gasteiger partial charge on any atom is 0.253 e. The first kappa shape index (κ1) is 30.7. The summed E-state index contributed by atoms with van der Waals surface area (Å²) in [6.45, 7) is 14.7. The Kier molecular flexibility index (Phi) is 8.63. The van der Waals surface area contributed by atoms with Gasteiger partial charge in [-0.15, -0.1) is 13.2 Å². The van der Waals surface area contributed by atoms with Crippen LogP contribution in [-0.4, -0.2) is 76.1 Å². The van der Waals surface area contributed by atoms with Gasteiger partial charge in [0, 0.05) is 38.5 Å². The van der Waals surface area contributed by atoms with E-state index in [4.69, 9.17) is 4.74 Å². The summed E-state index contributed by atoms with van der Waals surface area (Å²) in [5.41, 5.74) is 1.60. The number of aryl methyl sites for hydroxylation is 2. The number of anilines is 1. The molecule has 3 amide bonds. The van der Waals surface area contributed by atoms with E-state index in [-0.39, 0.29) is 37.4 Å². The Balaban J connectivity index is 1.57. The lowest BCUT2D eigenvalue weighted by molar-refractivity contribution is -0.150. The maximum absolute atomic E-state index is 14.8. The Morgan fingerprint density at radius 1 is 1.02 bits per heavy atom. The fourth-order valence-corrected chi connectivity index (χ4v) is 7.75. The molecule has 228 valence electrons. The molecular weight excluding hydrogens is 542 g/mol. The highest BCUT2D eigenvalue weighted by molar-refractivity contribution is 6.05. The van der Waals surface area contributed by atoms with Gasteiger partial charge in [-0.3, -0.25) is 14.4 Å². The standard InChI is InChI=1S/C35H43N3O5/c1-6-19-36(23-26-15-9-8-10-16-26)31(40)27-28-32(41)38(21-12-22-39)30(35(28)18-17-34(27,5)43-35)33(42)37(20-7-2)29-24(3)13-11-14-25(29)4/h6-11,13-16,27-28,30,39H,1-2,12,17-23H2,3-5H3/t27-,28+,30?,34+,35?/m1/s1. The summed E-state index contributed by atoms with van der Waals surface area (Å²) < 4.78 is 6.85. The third-order valence-electron chi connectivity index (χ3n) is 9.50. The van der Waals surface area contributed by atoms with E-state index in [1.807, 2.05) is 69.3 Å². The van der Waals surface area contributed by atoms with E-state index >= 15 is 0 Å². The molecule has 3 fully saturated rings. The third-order valence-corrected chi connectivity index (χ3v) is 9.50. The monoisotopic (exact) mass is 585 g/mol. The van der Waals surface area contributed by atoms with Crippen LogP contribution < -0.4 is 4.90 Å². The van der Waals surface area contributed by atoms with E-state index in [1.54, 1.807) is 26.9 Å². The molecule has 0 aromatic heterocycles. The predicted octanol–water partition coefficient (Wildman–Crippen LogP) is 4.18. The number of benzene rings is 2. The highest BCUT2D eigenvalue weighted by Crippen LogP contribution is 2.63. The fourth-order valence-electron chi connectivity index (χ4n) is 7.75. The van der Waals surface area contributed by atoms with Crippen molar-refractivity contribution < 1.29 is 24.2 Å². The highest BCUT2D eigenvalue weighted by atomic mass is 16.5. The van der Waals surface area contributed by atoms with E-state index in [0.29, 0.717) is 32.4 Å². The first-order chi connectivity index (χ1) is 20.6. The number of hydrogen-bond acceptors (Lipinski definition) is 5. The van der Waals surface area contributed by atoms with Crippen LogP contribution in [0.15, 0.2) is 73.8 Å². The molecule has 43 heavy (non-hydrogen) atoms. The van der Waals surface area contributed by atoms with E-state index in [2.05, 4.69) is 13.2 Å². The molecule has 3 saturated heterocycles. The van der Waals surface area contributed by atoms with E-state index in [0.717, 1.165) is 22.4 Å². The van der Waals surface area contributed by atoms with E-state index in [1.165, 1.54) is 0 Å². The molecule has 5 rings (SSSR count). The zero-order valence-electron chi connectivity index (χ0n) is 25.5. The van der Waals surface area contributed by atoms with Gasteiger partial charge in [0.2, 0.25) is 11.8 Å². The molecule has 2 unspecified atom stereocenters. The van der Waals surface area contributed by atoms with Gasteiger partial charge >= 0.3 is 0 Å². The van der Waals surface area contributed by atoms with Gasteiger partial charge in [0.15, 0.2) is 0 Å². The molecule has 0 radical (unpaired) electrons. The molecule has 0 aliphatic carbocycles. The second kappa shape index (κ2) is 12.1. The summed E-state index contributed by atoms with van der Waals surface area (Å²) in [6, 6.07) is 14.7. The molecule has 3 heterocycles. The van der Waals surface area contributed by atoms with Crippen molar-refractivity contribution in [2.24, 2.45) is 11.8 Å². The number of aliphatic hydroxyl groups is 1. The van der Waals surface area contributed by atoms with Crippen molar-refractivity contribution in [2.45, 2.75) is 63.8 Å². The smallest absolute Gasteiger partial charge is 0.253 e. The predicted molar refractivity (Wildman–Crippen MR) is 166 cm³/mol. The Morgan fingerprint density at radius 3 is 2.33 bits per heavy atom. The number of fused-ring (bicyclic) bond motifs is 1. The summed E-state index contributed by atoms with van der Waals surface area (Å²) in [4.78, 5) is 48.7. The van der Waals surface area contributed by atoms with E-state index < -0.39 is 29.1 Å². The number of amides is 3. The second-order valence-electron chi connectivity index (χ2n) is 12.3. The Labute approximate surface area is 254 Å². The maximum atomic E-state index is 14.8. The highest BCUT2D eigenvalue weighted by Gasteiger charge is 2.78. The molecule has 1 spiro atoms. The first-order valence-electron chi connectivity index (χ1n) is 15.2. The third kappa shape index (κ3) is 5.10. The minimum Gasteiger partial charge on any atom is -0.396 e. The number of ether oxygens (including phenoxy) is 1. The van der Waals surface area contributed by atoms with Crippen molar-refractivity contribution in [3.05, 3.63) is 90.5 Å². The van der Waals surface area contributed by atoms with Crippen LogP contribution in [0.25, 0.3) is 0 Å². The summed E-state index contributed by atoms with van der Waals surface area (Å²) >= 11 is 0. The quantitative estimate of drug-likeness (QED) is 0.378. The number of nitrogens with zero attached hydrogens (tertiary/aromatic N) is 3. The lowest BCUT2D eigenvalue weighted by Gasteiger charge is -2.37. The van der Waals surface area contributed by atoms with Crippen molar-refractivity contribution in [3.8, 4) is 0 Å². The Bertz CT molecular complexity index is 1390. The number of aliphatic hydroxyl groups excluding tert-OH is 1. The van der Waals surface area contributed by atoms with Crippen LogP contribution in [0, 0.1) is 25.7 Å². The average Bonchev–Trinajstić information content (AvgIpc) is 3.55. The van der Waals surface area contributed by atoms with Crippen LogP contribution in [0.3, 0.4) is 0 Å². The van der Waals surface area contributed by atoms with Crippen LogP contribution in [0.2, 0.25) is 0 Å². The van der Waals surface area contributed by atoms with Gasteiger partial charge in [-0.2, -0.15) is 0 Å². The minimum absolute atomic E-state index is 0.124. The van der Waals surface area contributed by atoms with E-state index in [9.17, 15) is 19.5 Å². The molecule has 1 N–H and O–H groups in total. The van der Waals surface area contributed by atoms with Gasteiger partial charge in [-0.05, 0) is 56.7 Å². The fraction of sp³-hybridized carbons (Fsp3) is 0.457. The number of rotatable bonds is 12. The van der Waals surface area contributed by atoms with Gasteiger partial charge in [-0.25, -0.2) is 0 Å². The van der Waals surface area contributed by atoms with Crippen molar-refractivity contribution in [2.75, 3.05) is 31.1 Å². The second-order valence-corrected chi connectivity index (χ2v) is 12.3. The zero-order valence-corrected chi connectivity index (χ0v) is 25.5. The number of hydrogen-bond donors (Lipinski definition) is 1. The molecule has 5 atom stereocenters. The number of likely N-dealkylation sites (tertiary alicyclic amines) is 1. The zero-order chi connectivity index (χ0) is 30.9. The van der Waals surface area contributed by atoms with Gasteiger partial charge in [0.25, 0.3) is 5.91 Å². The van der Waals surface area contributed by atoms with Gasteiger partial charge < -0.3 is 24.5 Å². The van der Waals surface area contributed by atoms with Crippen LogP contribution in [0.4, 0.5) is 5.69 Å². The van der Waals surface area contributed by atoms with Gasteiger partial charge in [0.1, 0.15) is 11.6 Å². The molecule has 8 nitrogen and oxygen atoms in total. The van der Waals surface area contributed by atoms with Crippen LogP contribution in [0.1, 0.15) is 42.9 Å². The molecule has 3 aliphatic heterocycles. The van der Waals surface area contributed by atoms with Crippen molar-refractivity contribution in [1.29, 1.82) is 0 Å². The Hall–Kier alpha value is -3.75. The summed E-state index contributed by atoms with van der Waals surface area (Å²) in [5.74, 6) is -2.24. The van der Waals surface area contributed by atoms with Gasteiger partial charge in [-0.1, -0.05) is 60.7 Å². The summed E-state index contributed by atoms with van der Waals surface area (Å²) in [6.07, 6.45) is 4.75. The molecule has 3 aliphatic rings. The lowest BCUT2D eigenvalue weighted by atomic mass is 9.66. The molecule has 8 heteroatoms. The van der Waals surface area contributed by atoms with Crippen molar-refractivity contribution in [3.63, 3.8) is 0 Å². The molecule has 2 aromatic rings. The number of carbonyl (C=O) groups excluding carboxylic acids is 3. The number of para-hydroxylation sites is 1. The molecule has 2 aromatic carbocycles. The minimum atomic E-state index is -1.15. The van der Waals surface area contributed by atoms with Crippen LogP contribution in [0.5, 0.6) is 0 Å². The molecule has 0 saturated carbocycles. The topological polar surface area (TPSA) is 90.4 Å². The Morgan fingerprint density at radius 2 is 1.70 bits per heavy atom. The summed E-state index contributed by atoms with van der Waals surface area (Å²) in [7, 11) is 0. The molecule has 2 bridgehead atoms. The summed E-state index contributed by atoms with van der Waals surface area (Å²) in [5, 5.41) is 9.72. The largest absolute Gasteiger partial charge is 0.396 e. The number of carbonyl (C=O) groups is 3. The lowest BCUT2D eigenvalue weighted by Crippen LogP contribution is -2.57. The molecular formula is C35H43N3O5. The first-order valence-corrected chi connectivity index (χ1v) is 15.2. The van der Waals surface area contributed by atoms with Crippen LogP contribution in [-0.2, 0) is 25.7 Å². The SMILES string of the molecule is C=CCN(Cc1ccccc1)C(=O)[C@H]1[C@H]2C(=O)N(CCCO)C(C(=O)N(CC=C)c3c(C)cccc3C)C23CC[C@]1(C)O3. The van der Waals surface area contributed by atoms with Crippen molar-refractivity contribution in [1.82, 2.24) is 9.80 Å². The average molecular weight is 586 g/mol. The van der Waals surface area contributed by atoms with Gasteiger partial charge in [0.05, 0.1) is 17.4 Å². The normalized spacial score (nSPS) is 27.2. The van der Waals surface area contributed by atoms with Crippen molar-refractivity contribution >= 4 is 23.4 Å². The van der Waals surface area contributed by atoms with Crippen LogP contribution >= 0.6 is 0 Å².